The van der Waals surface area contributed by atoms with Crippen LogP contribution < -0.4 is 5.73 Å². The fraction of sp³-hybridized carbons (Fsp3) is 0.222. The number of fused-ring (bicyclic) bond motifs is 1. The maximum absolute atomic E-state index is 5.80. The van der Waals surface area contributed by atoms with Gasteiger partial charge in [0.05, 0.1) is 11.7 Å². The lowest BCUT2D eigenvalue weighted by molar-refractivity contribution is 0.827. The lowest BCUT2D eigenvalue weighted by Gasteiger charge is -2.05. The SMILES string of the molecule is CC(N)c1cccc2[nH]ncc12. The van der Waals surface area contributed by atoms with Crippen LogP contribution in [0.2, 0.25) is 0 Å². The Morgan fingerprint density at radius 1 is 1.50 bits per heavy atom. The maximum Gasteiger partial charge on any atom is 0.0653 e. The van der Waals surface area contributed by atoms with Crippen LogP contribution in [0.25, 0.3) is 10.9 Å². The van der Waals surface area contributed by atoms with E-state index in [2.05, 4.69) is 10.2 Å². The predicted octanol–water partition coefficient (Wildman–Crippen LogP) is 1.58. The highest BCUT2D eigenvalue weighted by molar-refractivity contribution is 5.81. The topological polar surface area (TPSA) is 54.7 Å². The zero-order valence-electron chi connectivity index (χ0n) is 6.91. The molecular weight excluding hydrogens is 150 g/mol. The van der Waals surface area contributed by atoms with Gasteiger partial charge >= 0.3 is 0 Å². The fourth-order valence-corrected chi connectivity index (χ4v) is 1.39. The van der Waals surface area contributed by atoms with Gasteiger partial charge in [-0.05, 0) is 18.6 Å². The Labute approximate surface area is 70.6 Å². The largest absolute Gasteiger partial charge is 0.324 e. The molecule has 12 heavy (non-hydrogen) atoms. The summed E-state index contributed by atoms with van der Waals surface area (Å²) in [5.41, 5.74) is 7.98. The molecule has 0 bridgehead atoms. The molecule has 1 aromatic heterocycles. The zero-order valence-corrected chi connectivity index (χ0v) is 6.91. The second-order valence-corrected chi connectivity index (χ2v) is 2.97. The Morgan fingerprint density at radius 3 is 3.08 bits per heavy atom. The van der Waals surface area contributed by atoms with Crippen molar-refractivity contribution in [2.24, 2.45) is 5.73 Å². The molecule has 0 aliphatic heterocycles. The molecule has 3 N–H and O–H groups in total. The van der Waals surface area contributed by atoms with Crippen LogP contribution >= 0.6 is 0 Å². The van der Waals surface area contributed by atoms with Gasteiger partial charge in [-0.2, -0.15) is 5.10 Å². The van der Waals surface area contributed by atoms with E-state index in [0.29, 0.717) is 0 Å². The Balaban J connectivity index is 2.73. The number of nitrogens with one attached hydrogen (secondary N) is 1. The van der Waals surface area contributed by atoms with Crippen LogP contribution in [0.4, 0.5) is 0 Å². The third-order valence-corrected chi connectivity index (χ3v) is 2.01. The molecule has 0 amide bonds. The maximum atomic E-state index is 5.80. The summed E-state index contributed by atoms with van der Waals surface area (Å²) < 4.78 is 0. The number of aromatic amines is 1. The average molecular weight is 161 g/mol. The summed E-state index contributed by atoms with van der Waals surface area (Å²) in [4.78, 5) is 0. The van der Waals surface area contributed by atoms with Crippen LogP contribution in [0.5, 0.6) is 0 Å². The van der Waals surface area contributed by atoms with E-state index in [1.807, 2.05) is 31.3 Å². The number of rotatable bonds is 1. The van der Waals surface area contributed by atoms with Gasteiger partial charge < -0.3 is 5.73 Å². The number of nitrogens with zero attached hydrogens (tertiary/aromatic N) is 1. The van der Waals surface area contributed by atoms with E-state index in [-0.39, 0.29) is 6.04 Å². The summed E-state index contributed by atoms with van der Waals surface area (Å²) in [5.74, 6) is 0. The Morgan fingerprint density at radius 2 is 2.33 bits per heavy atom. The van der Waals surface area contributed by atoms with Gasteiger partial charge in [0.2, 0.25) is 0 Å². The lowest BCUT2D eigenvalue weighted by Crippen LogP contribution is -2.04. The molecule has 0 fully saturated rings. The van der Waals surface area contributed by atoms with Gasteiger partial charge in [-0.15, -0.1) is 0 Å². The van der Waals surface area contributed by atoms with Crippen LogP contribution in [-0.4, -0.2) is 10.2 Å². The van der Waals surface area contributed by atoms with Gasteiger partial charge in [-0.25, -0.2) is 0 Å². The second kappa shape index (κ2) is 2.60. The van der Waals surface area contributed by atoms with Crippen molar-refractivity contribution in [1.82, 2.24) is 10.2 Å². The number of benzene rings is 1. The third-order valence-electron chi connectivity index (χ3n) is 2.01. The molecule has 2 aromatic rings. The van der Waals surface area contributed by atoms with Crippen LogP contribution in [0, 0.1) is 0 Å². The third kappa shape index (κ3) is 0.987. The molecule has 62 valence electrons. The second-order valence-electron chi connectivity index (χ2n) is 2.97. The van der Waals surface area contributed by atoms with Crippen molar-refractivity contribution in [3.8, 4) is 0 Å². The Bertz CT molecular complexity index is 389. The van der Waals surface area contributed by atoms with Crippen molar-refractivity contribution in [3.05, 3.63) is 30.0 Å². The number of hydrogen-bond donors (Lipinski definition) is 2. The van der Waals surface area contributed by atoms with Gasteiger partial charge in [0.25, 0.3) is 0 Å². The first-order valence-corrected chi connectivity index (χ1v) is 3.96. The summed E-state index contributed by atoms with van der Waals surface area (Å²) in [7, 11) is 0. The standard InChI is InChI=1S/C9H11N3/c1-6(10)7-3-2-4-9-8(7)5-11-12-9/h2-6H,10H2,1H3,(H,11,12). The van der Waals surface area contributed by atoms with E-state index in [9.17, 15) is 0 Å². The van der Waals surface area contributed by atoms with Crippen LogP contribution in [-0.2, 0) is 0 Å². The highest BCUT2D eigenvalue weighted by Crippen LogP contribution is 2.20. The molecule has 1 unspecified atom stereocenters. The van der Waals surface area contributed by atoms with E-state index in [1.165, 1.54) is 0 Å². The minimum absolute atomic E-state index is 0.0614. The average Bonchev–Trinajstić information content (AvgIpc) is 2.49. The van der Waals surface area contributed by atoms with E-state index in [1.54, 1.807) is 0 Å². The van der Waals surface area contributed by atoms with Crippen molar-refractivity contribution in [3.63, 3.8) is 0 Å². The monoisotopic (exact) mass is 161 g/mol. The van der Waals surface area contributed by atoms with Crippen LogP contribution in [0.15, 0.2) is 24.4 Å². The smallest absolute Gasteiger partial charge is 0.0653 e. The Hall–Kier alpha value is -1.35. The minimum atomic E-state index is 0.0614. The molecule has 0 saturated heterocycles. The predicted molar refractivity (Wildman–Crippen MR) is 48.7 cm³/mol. The molecule has 0 spiro atoms. The number of aromatic nitrogens is 2. The zero-order chi connectivity index (χ0) is 8.55. The fourth-order valence-electron chi connectivity index (χ4n) is 1.39. The first kappa shape index (κ1) is 7.31. The molecule has 3 nitrogen and oxygen atoms in total. The van der Waals surface area contributed by atoms with E-state index in [0.717, 1.165) is 16.5 Å². The van der Waals surface area contributed by atoms with E-state index < -0.39 is 0 Å². The normalized spacial score (nSPS) is 13.5. The lowest BCUT2D eigenvalue weighted by atomic mass is 10.1. The van der Waals surface area contributed by atoms with Crippen LogP contribution in [0.3, 0.4) is 0 Å². The first-order valence-electron chi connectivity index (χ1n) is 3.96. The first-order chi connectivity index (χ1) is 5.79. The molecule has 0 radical (unpaired) electrons. The summed E-state index contributed by atoms with van der Waals surface area (Å²) in [6, 6.07) is 6.07. The number of hydrogen-bond acceptors (Lipinski definition) is 2. The van der Waals surface area contributed by atoms with Crippen molar-refractivity contribution >= 4 is 10.9 Å². The van der Waals surface area contributed by atoms with Gasteiger partial charge in [0.1, 0.15) is 0 Å². The van der Waals surface area contributed by atoms with E-state index >= 15 is 0 Å². The molecule has 3 heteroatoms. The Kier molecular flexibility index (Phi) is 1.59. The molecular formula is C9H11N3. The van der Waals surface area contributed by atoms with Crippen molar-refractivity contribution in [2.75, 3.05) is 0 Å². The number of H-pyrrole nitrogens is 1. The highest BCUT2D eigenvalue weighted by atomic mass is 15.1. The summed E-state index contributed by atoms with van der Waals surface area (Å²) in [5, 5.41) is 7.99. The van der Waals surface area contributed by atoms with Crippen molar-refractivity contribution in [2.45, 2.75) is 13.0 Å². The van der Waals surface area contributed by atoms with Crippen LogP contribution in [0.1, 0.15) is 18.5 Å². The number of nitrogens with two attached hydrogens (primary N) is 1. The van der Waals surface area contributed by atoms with Gasteiger partial charge in [0.15, 0.2) is 0 Å². The van der Waals surface area contributed by atoms with Crippen molar-refractivity contribution in [1.29, 1.82) is 0 Å². The van der Waals surface area contributed by atoms with Gasteiger partial charge in [-0.3, -0.25) is 5.10 Å². The van der Waals surface area contributed by atoms with Gasteiger partial charge in [0, 0.05) is 11.4 Å². The summed E-state index contributed by atoms with van der Waals surface area (Å²) in [6.45, 7) is 1.97. The van der Waals surface area contributed by atoms with E-state index in [4.69, 9.17) is 5.73 Å². The molecule has 0 aliphatic rings. The molecule has 1 aromatic carbocycles. The molecule has 1 atom stereocenters. The van der Waals surface area contributed by atoms with Gasteiger partial charge in [-0.1, -0.05) is 12.1 Å². The molecule has 0 saturated carbocycles. The molecule has 1 heterocycles. The summed E-state index contributed by atoms with van der Waals surface area (Å²) >= 11 is 0. The minimum Gasteiger partial charge on any atom is -0.324 e. The van der Waals surface area contributed by atoms with Crippen molar-refractivity contribution < 1.29 is 0 Å². The molecule has 2 rings (SSSR count). The highest BCUT2D eigenvalue weighted by Gasteiger charge is 2.04. The molecule has 0 aliphatic carbocycles. The summed E-state index contributed by atoms with van der Waals surface area (Å²) in [6.07, 6.45) is 1.81. The quantitative estimate of drug-likeness (QED) is 0.667.